The molecule has 1 aliphatic carbocycles. The van der Waals surface area contributed by atoms with Gasteiger partial charge in [0.25, 0.3) is 0 Å². The molecule has 0 spiro atoms. The van der Waals surface area contributed by atoms with Gasteiger partial charge in [0.05, 0.1) is 13.2 Å². The molecule has 2 aliphatic rings. The zero-order valence-electron chi connectivity index (χ0n) is 11.6. The van der Waals surface area contributed by atoms with Gasteiger partial charge < -0.3 is 9.15 Å². The van der Waals surface area contributed by atoms with Crippen LogP contribution in [0, 0.1) is 10.1 Å². The molecule has 0 saturated heterocycles. The number of carbonyl (C=O) groups excluding carboxylic acids is 1. The first kappa shape index (κ1) is 13.8. The number of hydrogen-bond donors (Lipinski definition) is 0. The van der Waals surface area contributed by atoms with Gasteiger partial charge >= 0.3 is 5.88 Å². The maximum atomic E-state index is 12.6. The van der Waals surface area contributed by atoms with Crippen molar-refractivity contribution in [2.45, 2.75) is 0 Å². The minimum atomic E-state index is -0.656. The summed E-state index contributed by atoms with van der Waals surface area (Å²) < 4.78 is 10.2. The molecule has 0 fully saturated rings. The highest BCUT2D eigenvalue weighted by molar-refractivity contribution is 6.11. The molecule has 1 aromatic rings. The third kappa shape index (κ3) is 2.31. The van der Waals surface area contributed by atoms with Gasteiger partial charge in [0.2, 0.25) is 5.78 Å². The predicted octanol–water partition coefficient (Wildman–Crippen LogP) is 3.53. The summed E-state index contributed by atoms with van der Waals surface area (Å²) in [6, 6.07) is 12.9. The highest BCUT2D eigenvalue weighted by Crippen LogP contribution is 2.33. The first-order chi connectivity index (χ1) is 10.6. The van der Waals surface area contributed by atoms with E-state index < -0.39 is 16.6 Å². The molecular formula is C16H11NO5. The van der Waals surface area contributed by atoms with Crippen molar-refractivity contribution in [3.8, 4) is 16.9 Å². The third-order valence-electron chi connectivity index (χ3n) is 3.32. The van der Waals surface area contributed by atoms with Crippen molar-refractivity contribution in [1.29, 1.82) is 0 Å². The van der Waals surface area contributed by atoms with E-state index in [1.807, 2.05) is 0 Å². The van der Waals surface area contributed by atoms with E-state index in [0.717, 1.165) is 0 Å². The molecule has 0 atom stereocenters. The lowest BCUT2D eigenvalue weighted by molar-refractivity contribution is -0.403. The number of rotatable bonds is 4. The maximum absolute atomic E-state index is 12.6. The van der Waals surface area contributed by atoms with E-state index in [0.29, 0.717) is 22.4 Å². The van der Waals surface area contributed by atoms with Crippen LogP contribution >= 0.6 is 0 Å². The lowest BCUT2D eigenvalue weighted by Crippen LogP contribution is -2.04. The summed E-state index contributed by atoms with van der Waals surface area (Å²) in [4.78, 5) is 22.9. The zero-order valence-corrected chi connectivity index (χ0v) is 11.6. The molecule has 0 radical (unpaired) electrons. The molecule has 1 heterocycles. The van der Waals surface area contributed by atoms with Gasteiger partial charge in [0, 0.05) is 11.1 Å². The Morgan fingerprint density at radius 3 is 2.55 bits per heavy atom. The van der Waals surface area contributed by atoms with Crippen molar-refractivity contribution in [3.05, 3.63) is 70.0 Å². The fourth-order valence-electron chi connectivity index (χ4n) is 2.22. The SMILES string of the molecule is COc1ccc(C(=O)c2oc([N+](=O)[O-])cc3cccc2-3)cc1. The highest BCUT2D eigenvalue weighted by Gasteiger charge is 2.24. The van der Waals surface area contributed by atoms with Gasteiger partial charge in [-0.15, -0.1) is 0 Å². The Labute approximate surface area is 125 Å². The number of nitro groups is 1. The van der Waals surface area contributed by atoms with E-state index >= 15 is 0 Å². The number of ether oxygens (including phenoxy) is 1. The highest BCUT2D eigenvalue weighted by atomic mass is 16.6. The summed E-state index contributed by atoms with van der Waals surface area (Å²) >= 11 is 0. The number of fused-ring (bicyclic) bond motifs is 1. The van der Waals surface area contributed by atoms with Gasteiger partial charge in [-0.1, -0.05) is 18.2 Å². The van der Waals surface area contributed by atoms with Crippen LogP contribution in [0.5, 0.6) is 5.75 Å². The first-order valence-corrected chi connectivity index (χ1v) is 6.46. The molecule has 6 nitrogen and oxygen atoms in total. The van der Waals surface area contributed by atoms with Crippen LogP contribution in [0.3, 0.4) is 0 Å². The Morgan fingerprint density at radius 1 is 1.18 bits per heavy atom. The van der Waals surface area contributed by atoms with Crippen LogP contribution in [0.25, 0.3) is 11.1 Å². The molecular weight excluding hydrogens is 286 g/mol. The molecule has 1 aliphatic heterocycles. The Balaban J connectivity index is 2.10. The second-order valence-corrected chi connectivity index (χ2v) is 4.62. The topological polar surface area (TPSA) is 82.6 Å². The molecule has 0 bridgehead atoms. The lowest BCUT2D eigenvalue weighted by Gasteiger charge is -2.07. The van der Waals surface area contributed by atoms with Crippen LogP contribution in [0.15, 0.2) is 52.9 Å². The average Bonchev–Trinajstić information content (AvgIpc) is 3.01. The number of carbonyl (C=O) groups is 1. The van der Waals surface area contributed by atoms with Crippen molar-refractivity contribution in [2.24, 2.45) is 0 Å². The molecule has 22 heavy (non-hydrogen) atoms. The van der Waals surface area contributed by atoms with Crippen LogP contribution in [0.4, 0.5) is 5.88 Å². The number of methoxy groups -OCH3 is 1. The van der Waals surface area contributed by atoms with Gasteiger partial charge in [0.15, 0.2) is 5.76 Å². The van der Waals surface area contributed by atoms with E-state index in [-0.39, 0.29) is 5.76 Å². The quantitative estimate of drug-likeness (QED) is 0.418. The summed E-state index contributed by atoms with van der Waals surface area (Å²) in [6.45, 7) is 0. The number of nitrogens with zero attached hydrogens (tertiary/aromatic N) is 1. The smallest absolute Gasteiger partial charge is 0.434 e. The molecule has 3 rings (SSSR count). The van der Waals surface area contributed by atoms with E-state index in [1.165, 1.54) is 13.2 Å². The number of benzene rings is 1. The second-order valence-electron chi connectivity index (χ2n) is 4.62. The standard InChI is InChI=1S/C16H11NO5/c1-21-12-7-5-10(6-8-12)15(18)16-13-4-2-3-11(13)9-14(22-16)17(19)20/h2-9H,1H3. The van der Waals surface area contributed by atoms with E-state index in [1.54, 1.807) is 42.5 Å². The molecule has 0 saturated carbocycles. The molecule has 0 unspecified atom stereocenters. The summed E-state index contributed by atoms with van der Waals surface area (Å²) in [5.74, 6) is -0.302. The minimum absolute atomic E-state index is 0.0423. The van der Waals surface area contributed by atoms with Crippen molar-refractivity contribution in [3.63, 3.8) is 0 Å². The normalized spacial score (nSPS) is 10.6. The minimum Gasteiger partial charge on any atom is -0.497 e. The summed E-state index contributed by atoms with van der Waals surface area (Å²) in [7, 11) is 1.53. The predicted molar refractivity (Wildman–Crippen MR) is 78.4 cm³/mol. The van der Waals surface area contributed by atoms with E-state index in [2.05, 4.69) is 0 Å². The molecule has 110 valence electrons. The monoisotopic (exact) mass is 297 g/mol. The van der Waals surface area contributed by atoms with Crippen LogP contribution < -0.4 is 4.74 Å². The Bertz CT molecular complexity index is 819. The van der Waals surface area contributed by atoms with Gasteiger partial charge in [-0.25, -0.2) is 0 Å². The third-order valence-corrected chi connectivity index (χ3v) is 3.32. The van der Waals surface area contributed by atoms with E-state index in [9.17, 15) is 14.9 Å². The average molecular weight is 297 g/mol. The fourth-order valence-corrected chi connectivity index (χ4v) is 2.22. The Hall–Kier alpha value is -3.15. The van der Waals surface area contributed by atoms with Crippen molar-refractivity contribution < 1.29 is 18.9 Å². The summed E-state index contributed by atoms with van der Waals surface area (Å²) in [5.41, 5.74) is 1.51. The molecule has 1 aromatic carbocycles. The van der Waals surface area contributed by atoms with Crippen molar-refractivity contribution >= 4 is 11.7 Å². The van der Waals surface area contributed by atoms with Gasteiger partial charge in [0.1, 0.15) is 10.7 Å². The molecule has 0 aromatic heterocycles. The molecule has 0 N–H and O–H groups in total. The van der Waals surface area contributed by atoms with Gasteiger partial charge in [-0.3, -0.25) is 14.9 Å². The molecule has 0 amide bonds. The lowest BCUT2D eigenvalue weighted by atomic mass is 10.0. The largest absolute Gasteiger partial charge is 0.497 e. The van der Waals surface area contributed by atoms with Crippen LogP contribution in [0.1, 0.15) is 16.1 Å². The van der Waals surface area contributed by atoms with Crippen molar-refractivity contribution in [1.82, 2.24) is 0 Å². The maximum Gasteiger partial charge on any atom is 0.434 e. The summed E-state index contributed by atoms with van der Waals surface area (Å²) in [6.07, 6.45) is 0. The number of hydrogen-bond acceptors (Lipinski definition) is 5. The first-order valence-electron chi connectivity index (χ1n) is 6.46. The van der Waals surface area contributed by atoms with E-state index in [4.69, 9.17) is 9.15 Å². The number of ketones is 1. The Morgan fingerprint density at radius 2 is 1.91 bits per heavy atom. The Kier molecular flexibility index (Phi) is 3.34. The second kappa shape index (κ2) is 5.33. The fraction of sp³-hybridized carbons (Fsp3) is 0.0625. The van der Waals surface area contributed by atoms with Gasteiger partial charge in [-0.2, -0.15) is 0 Å². The van der Waals surface area contributed by atoms with Crippen LogP contribution in [0.2, 0.25) is 0 Å². The van der Waals surface area contributed by atoms with Crippen molar-refractivity contribution in [2.75, 3.05) is 7.11 Å². The van der Waals surface area contributed by atoms with Gasteiger partial charge in [-0.05, 0) is 29.8 Å². The van der Waals surface area contributed by atoms with Crippen LogP contribution in [-0.2, 0) is 0 Å². The van der Waals surface area contributed by atoms with Crippen LogP contribution in [-0.4, -0.2) is 17.8 Å². The summed E-state index contributed by atoms with van der Waals surface area (Å²) in [5, 5.41) is 10.9. The zero-order chi connectivity index (χ0) is 15.7. The molecule has 6 heteroatoms.